The summed E-state index contributed by atoms with van der Waals surface area (Å²) < 4.78 is 6.67. The van der Waals surface area contributed by atoms with E-state index in [2.05, 4.69) is 32.3 Å². The van der Waals surface area contributed by atoms with Crippen molar-refractivity contribution in [1.29, 1.82) is 0 Å². The van der Waals surface area contributed by atoms with Crippen molar-refractivity contribution in [3.05, 3.63) is 88.2 Å². The Kier molecular flexibility index (Phi) is 5.98. The lowest BCUT2D eigenvalue weighted by Crippen LogP contribution is -2.32. The van der Waals surface area contributed by atoms with Gasteiger partial charge in [0.1, 0.15) is 5.75 Å². The number of hydrogen-bond acceptors (Lipinski definition) is 4. The molecule has 1 aliphatic rings. The van der Waals surface area contributed by atoms with Crippen LogP contribution in [0.5, 0.6) is 5.75 Å². The van der Waals surface area contributed by atoms with Crippen molar-refractivity contribution in [1.82, 2.24) is 10.3 Å². The summed E-state index contributed by atoms with van der Waals surface area (Å²) in [5.41, 5.74) is 2.85. The third kappa shape index (κ3) is 4.56. The van der Waals surface area contributed by atoms with Gasteiger partial charge in [-0.25, -0.2) is 0 Å². The Hall–Kier alpha value is -2.31. The van der Waals surface area contributed by atoms with Crippen LogP contribution in [0.2, 0.25) is 0 Å². The maximum absolute atomic E-state index is 12.7. The maximum Gasteiger partial charge on any atom is 0.251 e. The third-order valence-corrected chi connectivity index (χ3v) is 6.14. The monoisotopic (exact) mass is 454 g/mol. The van der Waals surface area contributed by atoms with Crippen LogP contribution in [-0.2, 0) is 5.75 Å². The summed E-state index contributed by atoms with van der Waals surface area (Å²) in [6.07, 6.45) is 4.41. The molecule has 4 nitrogen and oxygen atoms in total. The molecule has 0 radical (unpaired) electrons. The lowest BCUT2D eigenvalue weighted by Gasteiger charge is -2.27. The minimum atomic E-state index is -0.0679. The van der Waals surface area contributed by atoms with E-state index in [-0.39, 0.29) is 11.9 Å². The molecule has 2 aromatic carbocycles. The van der Waals surface area contributed by atoms with Gasteiger partial charge in [-0.05, 0) is 54.1 Å². The number of nitrogens with zero attached hydrogens (tertiary/aromatic N) is 1. The minimum Gasteiger partial charge on any atom is -0.493 e. The van der Waals surface area contributed by atoms with Gasteiger partial charge >= 0.3 is 0 Å². The second-order valence-corrected chi connectivity index (χ2v) is 8.48. The Morgan fingerprint density at radius 3 is 2.86 bits per heavy atom. The van der Waals surface area contributed by atoms with Gasteiger partial charge in [-0.3, -0.25) is 9.78 Å². The molecule has 4 rings (SSSR count). The zero-order chi connectivity index (χ0) is 19.3. The van der Waals surface area contributed by atoms with Crippen LogP contribution in [0.3, 0.4) is 0 Å². The number of carbonyl (C=O) groups excluding carboxylic acids is 1. The Balaban J connectivity index is 1.40. The van der Waals surface area contributed by atoms with E-state index in [1.807, 2.05) is 54.7 Å². The van der Waals surface area contributed by atoms with Crippen LogP contribution in [0.4, 0.5) is 0 Å². The molecule has 0 fully saturated rings. The highest BCUT2D eigenvalue weighted by atomic mass is 79.9. The van der Waals surface area contributed by atoms with Crippen molar-refractivity contribution in [2.75, 3.05) is 6.61 Å². The number of carbonyl (C=O) groups is 1. The zero-order valence-corrected chi connectivity index (χ0v) is 17.5. The van der Waals surface area contributed by atoms with E-state index in [0.717, 1.165) is 32.9 Å². The van der Waals surface area contributed by atoms with Crippen LogP contribution >= 0.6 is 27.7 Å². The van der Waals surface area contributed by atoms with Gasteiger partial charge in [-0.1, -0.05) is 22.0 Å². The van der Waals surface area contributed by atoms with Crippen molar-refractivity contribution in [3.63, 3.8) is 0 Å². The Labute approximate surface area is 176 Å². The van der Waals surface area contributed by atoms with Crippen molar-refractivity contribution in [2.45, 2.75) is 23.1 Å². The summed E-state index contributed by atoms with van der Waals surface area (Å²) in [6, 6.07) is 17.6. The number of amides is 1. The van der Waals surface area contributed by atoms with Crippen LogP contribution in [0.15, 0.2) is 76.4 Å². The third-order valence-electron chi connectivity index (χ3n) is 4.56. The topological polar surface area (TPSA) is 51.2 Å². The highest BCUT2D eigenvalue weighted by molar-refractivity contribution is 9.10. The highest BCUT2D eigenvalue weighted by Gasteiger charge is 2.23. The fraction of sp³-hybridized carbons (Fsp3) is 0.182. The molecular weight excluding hydrogens is 436 g/mol. The van der Waals surface area contributed by atoms with E-state index in [1.54, 1.807) is 18.0 Å². The summed E-state index contributed by atoms with van der Waals surface area (Å²) >= 11 is 5.22. The van der Waals surface area contributed by atoms with Crippen LogP contribution in [0, 0.1) is 0 Å². The van der Waals surface area contributed by atoms with Crippen LogP contribution in [0.1, 0.15) is 33.9 Å². The van der Waals surface area contributed by atoms with Gasteiger partial charge in [-0.15, -0.1) is 11.8 Å². The van der Waals surface area contributed by atoms with Crippen LogP contribution < -0.4 is 10.1 Å². The van der Waals surface area contributed by atoms with E-state index in [9.17, 15) is 4.79 Å². The fourth-order valence-corrected chi connectivity index (χ4v) is 4.32. The first-order valence-corrected chi connectivity index (χ1v) is 10.8. The lowest BCUT2D eigenvalue weighted by molar-refractivity contribution is 0.0924. The molecule has 142 valence electrons. The van der Waals surface area contributed by atoms with E-state index in [4.69, 9.17) is 4.74 Å². The number of rotatable bonds is 5. The number of thioether (sulfide) groups is 1. The number of fused-ring (bicyclic) bond motifs is 1. The van der Waals surface area contributed by atoms with Crippen LogP contribution in [-0.4, -0.2) is 17.5 Å². The fourth-order valence-electron chi connectivity index (χ4n) is 3.11. The smallest absolute Gasteiger partial charge is 0.251 e. The average molecular weight is 455 g/mol. The first-order chi connectivity index (χ1) is 13.7. The predicted octanol–water partition coefficient (Wildman–Crippen LogP) is 5.39. The summed E-state index contributed by atoms with van der Waals surface area (Å²) in [7, 11) is 0. The summed E-state index contributed by atoms with van der Waals surface area (Å²) in [5, 5.41) is 3.14. The molecule has 1 aliphatic heterocycles. The van der Waals surface area contributed by atoms with E-state index < -0.39 is 0 Å². The molecule has 28 heavy (non-hydrogen) atoms. The second-order valence-electron chi connectivity index (χ2n) is 6.52. The zero-order valence-electron chi connectivity index (χ0n) is 15.1. The molecule has 1 N–H and O–H groups in total. The number of nitrogens with one attached hydrogen (secondary N) is 1. The predicted molar refractivity (Wildman–Crippen MR) is 115 cm³/mol. The SMILES string of the molecule is O=C(NC1CCOc2ccc(Br)cc21)c1ccc(SCc2cccnc2)cc1. The first kappa shape index (κ1) is 19.0. The van der Waals surface area contributed by atoms with Gasteiger partial charge in [0.2, 0.25) is 0 Å². The van der Waals surface area contributed by atoms with E-state index >= 15 is 0 Å². The minimum absolute atomic E-state index is 0.0478. The number of pyridine rings is 1. The summed E-state index contributed by atoms with van der Waals surface area (Å²) in [5.74, 6) is 1.62. The normalized spacial score (nSPS) is 15.4. The molecule has 1 amide bonds. The molecule has 0 bridgehead atoms. The highest BCUT2D eigenvalue weighted by Crippen LogP contribution is 2.34. The van der Waals surface area contributed by atoms with Crippen molar-refractivity contribution in [2.24, 2.45) is 0 Å². The number of halogens is 1. The standard InChI is InChI=1S/C22H19BrN2O2S/c23-17-5-8-21-19(12-17)20(9-11-27-21)25-22(26)16-3-6-18(7-4-16)28-14-15-2-1-10-24-13-15/h1-8,10,12-13,20H,9,11,14H2,(H,25,26). The summed E-state index contributed by atoms with van der Waals surface area (Å²) in [4.78, 5) is 18.0. The number of hydrogen-bond donors (Lipinski definition) is 1. The number of benzene rings is 2. The first-order valence-electron chi connectivity index (χ1n) is 9.04. The largest absolute Gasteiger partial charge is 0.493 e. The number of aromatic nitrogens is 1. The average Bonchev–Trinajstić information content (AvgIpc) is 2.74. The second kappa shape index (κ2) is 8.80. The van der Waals surface area contributed by atoms with Gasteiger partial charge in [0.15, 0.2) is 0 Å². The molecule has 1 unspecified atom stereocenters. The van der Waals surface area contributed by atoms with Gasteiger partial charge in [-0.2, -0.15) is 0 Å². The lowest BCUT2D eigenvalue weighted by atomic mass is 10.00. The Bertz CT molecular complexity index is 964. The number of ether oxygens (including phenoxy) is 1. The van der Waals surface area contributed by atoms with E-state index in [1.165, 1.54) is 5.56 Å². The van der Waals surface area contributed by atoms with Gasteiger partial charge in [0.25, 0.3) is 5.91 Å². The molecule has 1 aromatic heterocycles. The molecule has 0 saturated carbocycles. The van der Waals surface area contributed by atoms with E-state index in [0.29, 0.717) is 12.2 Å². The van der Waals surface area contributed by atoms with Crippen molar-refractivity contribution >= 4 is 33.6 Å². The molecule has 6 heteroatoms. The molecular formula is C22H19BrN2O2S. The van der Waals surface area contributed by atoms with Gasteiger partial charge in [0, 0.05) is 45.1 Å². The quantitative estimate of drug-likeness (QED) is 0.525. The summed E-state index contributed by atoms with van der Waals surface area (Å²) in [6.45, 7) is 0.601. The van der Waals surface area contributed by atoms with Crippen molar-refractivity contribution < 1.29 is 9.53 Å². The molecule has 1 atom stereocenters. The molecule has 2 heterocycles. The Morgan fingerprint density at radius 1 is 1.21 bits per heavy atom. The molecule has 0 spiro atoms. The maximum atomic E-state index is 12.7. The van der Waals surface area contributed by atoms with Crippen LogP contribution in [0.25, 0.3) is 0 Å². The Morgan fingerprint density at radius 2 is 2.07 bits per heavy atom. The molecule has 3 aromatic rings. The van der Waals surface area contributed by atoms with Crippen molar-refractivity contribution in [3.8, 4) is 5.75 Å². The van der Waals surface area contributed by atoms with Gasteiger partial charge < -0.3 is 10.1 Å². The molecule has 0 saturated heterocycles. The van der Waals surface area contributed by atoms with Gasteiger partial charge in [0.05, 0.1) is 12.6 Å². The molecule has 0 aliphatic carbocycles.